The minimum absolute atomic E-state index is 0.0206. The molecule has 0 aromatic heterocycles. The number of carbonyl (C=O) groups is 3. The number of amides is 1. The van der Waals surface area contributed by atoms with Crippen LogP contribution in [0.2, 0.25) is 0 Å². The predicted molar refractivity (Wildman–Crippen MR) is 52.0 cm³/mol. The Kier molecular flexibility index (Phi) is 4.03. The number of nitrogens with zero attached hydrogens (tertiary/aromatic N) is 1. The van der Waals surface area contributed by atoms with Gasteiger partial charge in [0.15, 0.2) is 5.78 Å². The summed E-state index contributed by atoms with van der Waals surface area (Å²) in [6.45, 7) is 2.47. The molecular formula is C10H13NO4. The summed E-state index contributed by atoms with van der Waals surface area (Å²) in [5, 5.41) is 0. The Balaban J connectivity index is 2.34. The minimum atomic E-state index is -0.435. The van der Waals surface area contributed by atoms with E-state index in [-0.39, 0.29) is 31.2 Å². The zero-order chi connectivity index (χ0) is 11.3. The van der Waals surface area contributed by atoms with Crippen LogP contribution >= 0.6 is 0 Å². The standard InChI is InChI=1S/C10H13NO4/c1-2-15-10(14)4-3-5-11-7-8(12)6-9(11)13/h3-4H,2,5-7H2,1H3. The Morgan fingerprint density at radius 2 is 2.27 bits per heavy atom. The summed E-state index contributed by atoms with van der Waals surface area (Å²) in [5.41, 5.74) is 0. The SMILES string of the molecule is CCOC(=O)C=CCN1CC(=O)CC1=O. The lowest BCUT2D eigenvalue weighted by Gasteiger charge is -2.10. The van der Waals surface area contributed by atoms with Crippen molar-refractivity contribution in [3.63, 3.8) is 0 Å². The summed E-state index contributed by atoms with van der Waals surface area (Å²) >= 11 is 0. The largest absolute Gasteiger partial charge is 0.463 e. The van der Waals surface area contributed by atoms with Crippen molar-refractivity contribution in [2.75, 3.05) is 19.7 Å². The third kappa shape index (κ3) is 3.53. The van der Waals surface area contributed by atoms with Crippen molar-refractivity contribution in [3.8, 4) is 0 Å². The maximum Gasteiger partial charge on any atom is 0.330 e. The first-order valence-corrected chi connectivity index (χ1v) is 4.76. The number of esters is 1. The van der Waals surface area contributed by atoms with E-state index in [0.29, 0.717) is 6.61 Å². The van der Waals surface area contributed by atoms with Crippen molar-refractivity contribution in [1.29, 1.82) is 0 Å². The fourth-order valence-corrected chi connectivity index (χ4v) is 1.27. The van der Waals surface area contributed by atoms with Crippen molar-refractivity contribution in [1.82, 2.24) is 4.90 Å². The van der Waals surface area contributed by atoms with Gasteiger partial charge in [0, 0.05) is 12.6 Å². The number of Topliss-reactive ketones (excluding diaryl/α,β-unsaturated/α-hetero) is 1. The molecule has 5 nitrogen and oxygen atoms in total. The van der Waals surface area contributed by atoms with Gasteiger partial charge in [-0.25, -0.2) is 4.79 Å². The maximum atomic E-state index is 11.1. The van der Waals surface area contributed by atoms with Crippen molar-refractivity contribution in [3.05, 3.63) is 12.2 Å². The number of hydrogen-bond donors (Lipinski definition) is 0. The van der Waals surface area contributed by atoms with Crippen molar-refractivity contribution < 1.29 is 19.1 Å². The topological polar surface area (TPSA) is 63.7 Å². The second-order valence-electron chi connectivity index (χ2n) is 3.14. The van der Waals surface area contributed by atoms with Gasteiger partial charge in [0.25, 0.3) is 0 Å². The Bertz CT molecular complexity index is 309. The van der Waals surface area contributed by atoms with Gasteiger partial charge in [-0.3, -0.25) is 9.59 Å². The molecule has 0 bridgehead atoms. The molecule has 0 aromatic carbocycles. The molecular weight excluding hydrogens is 198 g/mol. The highest BCUT2D eigenvalue weighted by Gasteiger charge is 2.25. The maximum absolute atomic E-state index is 11.1. The fourth-order valence-electron chi connectivity index (χ4n) is 1.27. The second kappa shape index (κ2) is 5.29. The number of likely N-dealkylation sites (tertiary alicyclic amines) is 1. The highest BCUT2D eigenvalue weighted by molar-refractivity contribution is 6.05. The Labute approximate surface area is 87.7 Å². The lowest BCUT2D eigenvalue weighted by molar-refractivity contribution is -0.137. The highest BCUT2D eigenvalue weighted by Crippen LogP contribution is 2.05. The van der Waals surface area contributed by atoms with Crippen LogP contribution in [0.3, 0.4) is 0 Å². The van der Waals surface area contributed by atoms with Crippen LogP contribution in [0, 0.1) is 0 Å². The molecule has 1 aliphatic heterocycles. The molecule has 0 radical (unpaired) electrons. The van der Waals surface area contributed by atoms with Gasteiger partial charge in [-0.15, -0.1) is 0 Å². The molecule has 0 unspecified atom stereocenters. The monoisotopic (exact) mass is 211 g/mol. The van der Waals surface area contributed by atoms with E-state index < -0.39 is 5.97 Å². The fraction of sp³-hybridized carbons (Fsp3) is 0.500. The second-order valence-corrected chi connectivity index (χ2v) is 3.14. The molecule has 0 atom stereocenters. The van der Waals surface area contributed by atoms with Crippen LogP contribution < -0.4 is 0 Å². The van der Waals surface area contributed by atoms with Gasteiger partial charge in [-0.2, -0.15) is 0 Å². The van der Waals surface area contributed by atoms with Gasteiger partial charge in [0.1, 0.15) is 0 Å². The minimum Gasteiger partial charge on any atom is -0.463 e. The van der Waals surface area contributed by atoms with Crippen molar-refractivity contribution >= 4 is 17.7 Å². The van der Waals surface area contributed by atoms with Crippen LogP contribution in [0.25, 0.3) is 0 Å². The van der Waals surface area contributed by atoms with Crippen molar-refractivity contribution in [2.24, 2.45) is 0 Å². The van der Waals surface area contributed by atoms with E-state index in [9.17, 15) is 14.4 Å². The van der Waals surface area contributed by atoms with E-state index in [2.05, 4.69) is 4.74 Å². The Morgan fingerprint density at radius 3 is 2.80 bits per heavy atom. The normalized spacial score (nSPS) is 16.5. The molecule has 5 heteroatoms. The van der Waals surface area contributed by atoms with E-state index >= 15 is 0 Å². The lowest BCUT2D eigenvalue weighted by atomic mass is 10.3. The molecule has 1 aliphatic rings. The molecule has 1 saturated heterocycles. The zero-order valence-corrected chi connectivity index (χ0v) is 8.56. The van der Waals surface area contributed by atoms with E-state index in [1.807, 2.05) is 0 Å². The van der Waals surface area contributed by atoms with Crippen LogP contribution in [0.4, 0.5) is 0 Å². The Hall–Kier alpha value is -1.65. The number of ketones is 1. The van der Waals surface area contributed by atoms with Gasteiger partial charge in [-0.1, -0.05) is 6.08 Å². The summed E-state index contributed by atoms with van der Waals surface area (Å²) in [6, 6.07) is 0. The molecule has 1 heterocycles. The van der Waals surface area contributed by atoms with Crippen LogP contribution in [-0.2, 0) is 19.1 Å². The number of ether oxygens (including phenoxy) is 1. The third-order valence-corrected chi connectivity index (χ3v) is 1.93. The molecule has 1 rings (SSSR count). The molecule has 0 spiro atoms. The van der Waals surface area contributed by atoms with E-state index in [0.717, 1.165) is 0 Å². The third-order valence-electron chi connectivity index (χ3n) is 1.93. The smallest absolute Gasteiger partial charge is 0.330 e. The van der Waals surface area contributed by atoms with Crippen LogP contribution in [-0.4, -0.2) is 42.3 Å². The van der Waals surface area contributed by atoms with E-state index in [4.69, 9.17) is 0 Å². The highest BCUT2D eigenvalue weighted by atomic mass is 16.5. The number of rotatable bonds is 4. The summed E-state index contributed by atoms with van der Waals surface area (Å²) < 4.78 is 4.66. The average molecular weight is 211 g/mol. The van der Waals surface area contributed by atoms with Gasteiger partial charge < -0.3 is 9.64 Å². The summed E-state index contributed by atoms with van der Waals surface area (Å²) in [4.78, 5) is 34.3. The van der Waals surface area contributed by atoms with E-state index in [1.54, 1.807) is 6.92 Å². The zero-order valence-electron chi connectivity index (χ0n) is 8.56. The van der Waals surface area contributed by atoms with Crippen LogP contribution in [0.5, 0.6) is 0 Å². The summed E-state index contributed by atoms with van der Waals surface area (Å²) in [6.07, 6.45) is 2.77. The van der Waals surface area contributed by atoms with E-state index in [1.165, 1.54) is 17.1 Å². The van der Waals surface area contributed by atoms with Gasteiger partial charge in [0.05, 0.1) is 19.6 Å². The number of hydrogen-bond acceptors (Lipinski definition) is 4. The molecule has 0 N–H and O–H groups in total. The van der Waals surface area contributed by atoms with Crippen LogP contribution in [0.1, 0.15) is 13.3 Å². The van der Waals surface area contributed by atoms with Crippen molar-refractivity contribution in [2.45, 2.75) is 13.3 Å². The first-order chi connectivity index (χ1) is 7.13. The molecule has 15 heavy (non-hydrogen) atoms. The molecule has 0 aromatic rings. The van der Waals surface area contributed by atoms with Gasteiger partial charge in [0.2, 0.25) is 5.91 Å². The van der Waals surface area contributed by atoms with Gasteiger partial charge in [-0.05, 0) is 6.92 Å². The molecule has 0 aliphatic carbocycles. The average Bonchev–Trinajstić information content (AvgIpc) is 2.46. The van der Waals surface area contributed by atoms with Crippen LogP contribution in [0.15, 0.2) is 12.2 Å². The molecule has 82 valence electrons. The summed E-state index contributed by atoms with van der Waals surface area (Å²) in [7, 11) is 0. The number of carbonyl (C=O) groups excluding carboxylic acids is 3. The first-order valence-electron chi connectivity index (χ1n) is 4.76. The molecule has 1 fully saturated rings. The molecule has 1 amide bonds. The first kappa shape index (κ1) is 11.4. The summed E-state index contributed by atoms with van der Waals surface area (Å²) in [5.74, 6) is -0.700. The Morgan fingerprint density at radius 1 is 1.53 bits per heavy atom. The predicted octanol–water partition coefficient (Wildman–Crippen LogP) is -0.0929. The quantitative estimate of drug-likeness (QED) is 0.370. The van der Waals surface area contributed by atoms with Gasteiger partial charge >= 0.3 is 5.97 Å². The lowest BCUT2D eigenvalue weighted by Crippen LogP contribution is -2.25. The molecule has 0 saturated carbocycles.